The zero-order chi connectivity index (χ0) is 33.9. The van der Waals surface area contributed by atoms with Crippen LogP contribution < -0.4 is 19.1 Å². The quantitative estimate of drug-likeness (QED) is 0.177. The van der Waals surface area contributed by atoms with Crippen molar-refractivity contribution in [1.29, 1.82) is 0 Å². The molecule has 10 heteroatoms. The van der Waals surface area contributed by atoms with E-state index in [1.165, 1.54) is 24.1 Å². The smallest absolute Gasteiger partial charge is 0.264 e. The number of anilines is 1. The molecule has 1 atom stereocenters. The van der Waals surface area contributed by atoms with Gasteiger partial charge in [-0.25, -0.2) is 8.42 Å². The number of nitrogens with one attached hydrogen (secondary N) is 1. The van der Waals surface area contributed by atoms with Gasteiger partial charge in [0, 0.05) is 19.0 Å². The number of hydrogen-bond donors (Lipinski definition) is 1. The number of methoxy groups -OCH3 is 2. The molecule has 0 aliphatic heterocycles. The Morgan fingerprint density at radius 1 is 0.792 bits per heavy atom. The highest BCUT2D eigenvalue weighted by Crippen LogP contribution is 2.33. The largest absolute Gasteiger partial charge is 0.497 e. The summed E-state index contributed by atoms with van der Waals surface area (Å²) in [6.07, 6.45) is 5.21. The van der Waals surface area contributed by atoms with Gasteiger partial charge in [0.1, 0.15) is 24.1 Å². The average Bonchev–Trinajstić information content (AvgIpc) is 3.13. The number of benzene rings is 4. The van der Waals surface area contributed by atoms with Crippen LogP contribution in [-0.4, -0.2) is 58.0 Å². The van der Waals surface area contributed by atoms with E-state index in [9.17, 15) is 18.0 Å². The third-order valence-corrected chi connectivity index (χ3v) is 10.4. The summed E-state index contributed by atoms with van der Waals surface area (Å²) in [5.41, 5.74) is 1.83. The van der Waals surface area contributed by atoms with E-state index in [1.54, 1.807) is 49.6 Å². The summed E-state index contributed by atoms with van der Waals surface area (Å²) in [4.78, 5) is 30.6. The topological polar surface area (TPSA) is 105 Å². The molecule has 1 aliphatic carbocycles. The highest BCUT2D eigenvalue weighted by molar-refractivity contribution is 7.92. The van der Waals surface area contributed by atoms with E-state index in [1.807, 2.05) is 54.6 Å². The van der Waals surface area contributed by atoms with Crippen molar-refractivity contribution in [3.63, 3.8) is 0 Å². The van der Waals surface area contributed by atoms with Crippen LogP contribution in [0.3, 0.4) is 0 Å². The van der Waals surface area contributed by atoms with Crippen molar-refractivity contribution in [3.8, 4) is 11.5 Å². The standard InChI is InChI=1S/C38H43N3O6S/c1-46-32-20-14-17-30(25-32)27-40(35(26-29-15-6-3-7-16-29)38(43)39-31-18-8-4-9-19-31)37(42)28-41(34-23-12-13-24-36(34)47-2)48(44,45)33-21-10-5-11-22-33/h3,5-7,10-17,20-25,31,35H,4,8-9,18-19,26-28H2,1-2H3,(H,39,43)/t35-/m1/s1. The van der Waals surface area contributed by atoms with Gasteiger partial charge >= 0.3 is 0 Å². The third-order valence-electron chi connectivity index (χ3n) is 8.67. The van der Waals surface area contributed by atoms with Gasteiger partial charge in [0.05, 0.1) is 24.8 Å². The summed E-state index contributed by atoms with van der Waals surface area (Å²) < 4.78 is 40.6. The van der Waals surface area contributed by atoms with Crippen molar-refractivity contribution in [1.82, 2.24) is 10.2 Å². The summed E-state index contributed by atoms with van der Waals surface area (Å²) in [6.45, 7) is -0.514. The van der Waals surface area contributed by atoms with Crippen LogP contribution in [0.25, 0.3) is 0 Å². The number of carbonyl (C=O) groups is 2. The fourth-order valence-corrected chi connectivity index (χ4v) is 7.58. The second-order valence-electron chi connectivity index (χ2n) is 11.9. The first-order chi connectivity index (χ1) is 23.3. The van der Waals surface area contributed by atoms with E-state index in [0.29, 0.717) is 11.5 Å². The molecule has 0 heterocycles. The zero-order valence-corrected chi connectivity index (χ0v) is 28.3. The summed E-state index contributed by atoms with van der Waals surface area (Å²) in [5.74, 6) is 0.0909. The molecule has 5 rings (SSSR count). The Morgan fingerprint density at radius 2 is 1.44 bits per heavy atom. The maximum absolute atomic E-state index is 14.8. The van der Waals surface area contributed by atoms with E-state index in [-0.39, 0.29) is 35.5 Å². The van der Waals surface area contributed by atoms with Crippen molar-refractivity contribution in [3.05, 3.63) is 120 Å². The van der Waals surface area contributed by atoms with E-state index >= 15 is 0 Å². The van der Waals surface area contributed by atoms with Crippen molar-refractivity contribution in [2.75, 3.05) is 25.1 Å². The molecule has 48 heavy (non-hydrogen) atoms. The van der Waals surface area contributed by atoms with Crippen molar-refractivity contribution < 1.29 is 27.5 Å². The van der Waals surface area contributed by atoms with Crippen molar-refractivity contribution >= 4 is 27.5 Å². The second kappa shape index (κ2) is 16.3. The van der Waals surface area contributed by atoms with Crippen LogP contribution in [0.15, 0.2) is 114 Å². The third kappa shape index (κ3) is 8.55. The number of hydrogen-bond acceptors (Lipinski definition) is 6. The molecular weight excluding hydrogens is 627 g/mol. The Labute approximate surface area is 283 Å². The molecule has 0 saturated heterocycles. The molecule has 0 radical (unpaired) electrons. The number of sulfonamides is 1. The first kappa shape index (κ1) is 34.5. The summed E-state index contributed by atoms with van der Waals surface area (Å²) in [5, 5.41) is 3.23. The summed E-state index contributed by atoms with van der Waals surface area (Å²) >= 11 is 0. The molecular formula is C38H43N3O6S. The number of carbonyl (C=O) groups excluding carboxylic acids is 2. The van der Waals surface area contributed by atoms with Crippen LogP contribution >= 0.6 is 0 Å². The minimum atomic E-state index is -4.24. The lowest BCUT2D eigenvalue weighted by molar-refractivity contribution is -0.140. The van der Waals surface area contributed by atoms with Crippen LogP contribution in [0, 0.1) is 0 Å². The maximum atomic E-state index is 14.8. The van der Waals surface area contributed by atoms with Crippen LogP contribution in [0.1, 0.15) is 43.2 Å². The van der Waals surface area contributed by atoms with Crippen LogP contribution in [-0.2, 0) is 32.6 Å². The fraction of sp³-hybridized carbons (Fsp3) is 0.316. The molecule has 4 aromatic rings. The molecule has 1 aliphatic rings. The monoisotopic (exact) mass is 669 g/mol. The Bertz CT molecular complexity index is 1760. The normalized spacial score (nSPS) is 14.0. The molecule has 0 unspecified atom stereocenters. The van der Waals surface area contributed by atoms with E-state index in [0.717, 1.165) is 47.5 Å². The van der Waals surface area contributed by atoms with Crippen LogP contribution in [0.4, 0.5) is 5.69 Å². The lowest BCUT2D eigenvalue weighted by atomic mass is 9.94. The van der Waals surface area contributed by atoms with Gasteiger partial charge in [0.2, 0.25) is 11.8 Å². The molecule has 9 nitrogen and oxygen atoms in total. The Kier molecular flexibility index (Phi) is 11.7. The molecule has 1 N–H and O–H groups in total. The van der Waals surface area contributed by atoms with Gasteiger partial charge in [-0.05, 0) is 60.4 Å². The first-order valence-electron chi connectivity index (χ1n) is 16.3. The number of rotatable bonds is 14. The number of para-hydroxylation sites is 2. The van der Waals surface area contributed by atoms with E-state index < -0.39 is 28.5 Å². The van der Waals surface area contributed by atoms with E-state index in [2.05, 4.69) is 5.32 Å². The van der Waals surface area contributed by atoms with E-state index in [4.69, 9.17) is 9.47 Å². The molecule has 4 aromatic carbocycles. The number of ether oxygens (including phenoxy) is 2. The highest BCUT2D eigenvalue weighted by Gasteiger charge is 2.36. The summed E-state index contributed by atoms with van der Waals surface area (Å²) in [6, 6.07) is 30.6. The van der Waals surface area contributed by atoms with Gasteiger partial charge in [0.15, 0.2) is 0 Å². The Morgan fingerprint density at radius 3 is 2.12 bits per heavy atom. The Balaban J connectivity index is 1.59. The van der Waals surface area contributed by atoms with Gasteiger partial charge in [-0.15, -0.1) is 0 Å². The molecule has 252 valence electrons. The predicted octanol–water partition coefficient (Wildman–Crippen LogP) is 5.99. The van der Waals surface area contributed by atoms with Gasteiger partial charge in [-0.3, -0.25) is 13.9 Å². The zero-order valence-electron chi connectivity index (χ0n) is 27.5. The lowest BCUT2D eigenvalue weighted by Gasteiger charge is -2.35. The van der Waals surface area contributed by atoms with Crippen molar-refractivity contribution in [2.24, 2.45) is 0 Å². The SMILES string of the molecule is COc1cccc(CN(C(=O)CN(c2ccccc2OC)S(=O)(=O)c2ccccc2)[C@H](Cc2ccccc2)C(=O)NC2CCCCC2)c1. The molecule has 1 saturated carbocycles. The van der Waals surface area contributed by atoms with Crippen LogP contribution in [0.2, 0.25) is 0 Å². The highest BCUT2D eigenvalue weighted by atomic mass is 32.2. The molecule has 1 fully saturated rings. The van der Waals surface area contributed by atoms with Gasteiger partial charge in [0.25, 0.3) is 10.0 Å². The lowest BCUT2D eigenvalue weighted by Crippen LogP contribution is -2.55. The van der Waals surface area contributed by atoms with Gasteiger partial charge in [-0.1, -0.05) is 92.1 Å². The molecule has 0 spiro atoms. The van der Waals surface area contributed by atoms with Gasteiger partial charge < -0.3 is 19.7 Å². The molecule has 0 bridgehead atoms. The van der Waals surface area contributed by atoms with Gasteiger partial charge in [-0.2, -0.15) is 0 Å². The maximum Gasteiger partial charge on any atom is 0.264 e. The van der Waals surface area contributed by atoms with Crippen molar-refractivity contribution in [2.45, 2.75) is 62.0 Å². The average molecular weight is 670 g/mol. The Hall–Kier alpha value is -4.83. The summed E-state index contributed by atoms with van der Waals surface area (Å²) in [7, 11) is -1.22. The number of amides is 2. The minimum Gasteiger partial charge on any atom is -0.497 e. The second-order valence-corrected chi connectivity index (χ2v) is 13.8. The fourth-order valence-electron chi connectivity index (χ4n) is 6.13. The first-order valence-corrected chi connectivity index (χ1v) is 17.7. The predicted molar refractivity (Wildman–Crippen MR) is 186 cm³/mol. The molecule has 2 amide bonds. The van der Waals surface area contributed by atoms with Crippen LogP contribution in [0.5, 0.6) is 11.5 Å². The molecule has 0 aromatic heterocycles. The number of nitrogens with zero attached hydrogens (tertiary/aromatic N) is 2. The minimum absolute atomic E-state index is 0.0156.